The molecule has 0 fully saturated rings. The van der Waals surface area contributed by atoms with Crippen LogP contribution in [0.25, 0.3) is 10.8 Å². The predicted octanol–water partition coefficient (Wildman–Crippen LogP) is 1.85. The van der Waals surface area contributed by atoms with Crippen molar-refractivity contribution >= 4 is 10.8 Å². The average molecular weight is 189 g/mol. The summed E-state index contributed by atoms with van der Waals surface area (Å²) in [6.07, 6.45) is 0. The fourth-order valence-corrected chi connectivity index (χ4v) is 1.66. The van der Waals surface area contributed by atoms with Gasteiger partial charge in [-0.15, -0.1) is 0 Å². The molecular weight excluding hydrogens is 178 g/mol. The number of fused-ring (bicyclic) bond motifs is 1. The van der Waals surface area contributed by atoms with Crippen molar-refractivity contribution in [3.8, 4) is 5.75 Å². The summed E-state index contributed by atoms with van der Waals surface area (Å²) < 4.78 is 5.23. The minimum atomic E-state index is -0.0803. The van der Waals surface area contributed by atoms with Gasteiger partial charge in [-0.1, -0.05) is 12.1 Å². The van der Waals surface area contributed by atoms with E-state index in [9.17, 15) is 4.79 Å². The second-order valence-electron chi connectivity index (χ2n) is 3.18. The Balaban J connectivity index is 2.94. The highest BCUT2D eigenvalue weighted by molar-refractivity contribution is 5.89. The highest BCUT2D eigenvalue weighted by Gasteiger charge is 2.04. The Kier molecular flexibility index (Phi) is 2.00. The smallest absolute Gasteiger partial charge is 0.248 e. The molecule has 0 radical (unpaired) electrons. The minimum absolute atomic E-state index is 0.0803. The Morgan fingerprint density at radius 2 is 2.14 bits per heavy atom. The largest absolute Gasteiger partial charge is 0.496 e. The third-order valence-corrected chi connectivity index (χ3v) is 2.25. The summed E-state index contributed by atoms with van der Waals surface area (Å²) in [4.78, 5) is 14.0. The molecule has 0 amide bonds. The van der Waals surface area contributed by atoms with Crippen molar-refractivity contribution in [1.29, 1.82) is 0 Å². The van der Waals surface area contributed by atoms with Crippen molar-refractivity contribution < 1.29 is 4.74 Å². The maximum absolute atomic E-state index is 11.2. The molecule has 0 aliphatic heterocycles. The normalized spacial score (nSPS) is 10.4. The Hall–Kier alpha value is -1.77. The lowest BCUT2D eigenvalue weighted by molar-refractivity contribution is 0.419. The summed E-state index contributed by atoms with van der Waals surface area (Å²) in [5, 5.41) is 1.88. The van der Waals surface area contributed by atoms with Crippen LogP contribution in [-0.4, -0.2) is 12.1 Å². The average Bonchev–Trinajstić information content (AvgIpc) is 2.16. The van der Waals surface area contributed by atoms with Gasteiger partial charge in [-0.25, -0.2) is 0 Å². The van der Waals surface area contributed by atoms with Gasteiger partial charge in [0.25, 0.3) is 0 Å². The van der Waals surface area contributed by atoms with Gasteiger partial charge in [-0.2, -0.15) is 0 Å². The summed E-state index contributed by atoms with van der Waals surface area (Å²) in [6.45, 7) is 1.87. The summed E-state index contributed by atoms with van der Waals surface area (Å²) in [7, 11) is 1.62. The first kappa shape index (κ1) is 8.81. The van der Waals surface area contributed by atoms with Gasteiger partial charge in [-0.05, 0) is 18.4 Å². The Morgan fingerprint density at radius 3 is 2.86 bits per heavy atom. The number of aromatic nitrogens is 1. The number of aryl methyl sites for hydroxylation is 1. The zero-order valence-corrected chi connectivity index (χ0v) is 8.13. The molecule has 2 rings (SSSR count). The first-order valence-electron chi connectivity index (χ1n) is 4.39. The Morgan fingerprint density at radius 1 is 1.36 bits per heavy atom. The molecule has 1 aromatic heterocycles. The van der Waals surface area contributed by atoms with Crippen molar-refractivity contribution in [2.75, 3.05) is 7.11 Å². The zero-order chi connectivity index (χ0) is 10.1. The highest BCUT2D eigenvalue weighted by atomic mass is 16.5. The Bertz CT molecular complexity index is 528. The molecule has 1 N–H and O–H groups in total. The molecule has 14 heavy (non-hydrogen) atoms. The molecule has 0 saturated carbocycles. The van der Waals surface area contributed by atoms with E-state index in [0.29, 0.717) is 0 Å². The number of methoxy groups -OCH3 is 1. The number of nitrogens with one attached hydrogen (secondary N) is 1. The standard InChI is InChI=1S/C11H11NO2/c1-7-11-8(6-10(13)12-7)4-3-5-9(11)14-2/h3-6H,1-2H3,(H,12,13). The van der Waals surface area contributed by atoms with Crippen molar-refractivity contribution in [2.24, 2.45) is 0 Å². The first-order chi connectivity index (χ1) is 6.72. The van der Waals surface area contributed by atoms with Gasteiger partial charge < -0.3 is 9.72 Å². The number of benzene rings is 1. The quantitative estimate of drug-likeness (QED) is 0.743. The number of H-pyrrole nitrogens is 1. The van der Waals surface area contributed by atoms with E-state index in [1.165, 1.54) is 0 Å². The number of pyridine rings is 1. The molecule has 3 nitrogen and oxygen atoms in total. The molecule has 0 unspecified atom stereocenters. The fraction of sp³-hybridized carbons (Fsp3) is 0.182. The van der Waals surface area contributed by atoms with Gasteiger partial charge in [0, 0.05) is 17.1 Å². The molecule has 0 aliphatic carbocycles. The molecule has 0 saturated heterocycles. The van der Waals surface area contributed by atoms with Crippen molar-refractivity contribution in [3.63, 3.8) is 0 Å². The molecule has 0 aliphatic rings. The SMILES string of the molecule is COc1cccc2cc(=O)[nH]c(C)c12. The number of ether oxygens (including phenoxy) is 1. The van der Waals surface area contributed by atoms with Gasteiger partial charge in [0.05, 0.1) is 7.11 Å². The number of aromatic amines is 1. The maximum atomic E-state index is 11.2. The Labute approximate surface area is 81.3 Å². The summed E-state index contributed by atoms with van der Waals surface area (Å²) in [5.41, 5.74) is 0.758. The van der Waals surface area contributed by atoms with Gasteiger partial charge in [0.1, 0.15) is 5.75 Å². The molecule has 1 heterocycles. The van der Waals surface area contributed by atoms with Crippen molar-refractivity contribution in [2.45, 2.75) is 6.92 Å². The van der Waals surface area contributed by atoms with Crippen LogP contribution in [0.3, 0.4) is 0 Å². The van der Waals surface area contributed by atoms with E-state index in [2.05, 4.69) is 4.98 Å². The molecule has 72 valence electrons. The number of rotatable bonds is 1. The fourth-order valence-electron chi connectivity index (χ4n) is 1.66. The van der Waals surface area contributed by atoms with Gasteiger partial charge in [0.2, 0.25) is 5.56 Å². The summed E-state index contributed by atoms with van der Waals surface area (Å²) in [6, 6.07) is 7.23. The van der Waals surface area contributed by atoms with Crippen LogP contribution in [0.2, 0.25) is 0 Å². The molecular formula is C11H11NO2. The van der Waals surface area contributed by atoms with E-state index < -0.39 is 0 Å². The van der Waals surface area contributed by atoms with E-state index in [4.69, 9.17) is 4.74 Å². The summed E-state index contributed by atoms with van der Waals surface area (Å²) >= 11 is 0. The number of hydrogen-bond donors (Lipinski definition) is 1. The lowest BCUT2D eigenvalue weighted by atomic mass is 10.1. The van der Waals surface area contributed by atoms with Crippen LogP contribution in [0.1, 0.15) is 5.69 Å². The third-order valence-electron chi connectivity index (χ3n) is 2.25. The van der Waals surface area contributed by atoms with Crippen LogP contribution in [0.5, 0.6) is 5.75 Å². The molecule has 0 atom stereocenters. The van der Waals surface area contributed by atoms with E-state index >= 15 is 0 Å². The lowest BCUT2D eigenvalue weighted by Crippen LogP contribution is -2.05. The van der Waals surface area contributed by atoms with Crippen LogP contribution in [0.15, 0.2) is 29.1 Å². The highest BCUT2D eigenvalue weighted by Crippen LogP contribution is 2.25. The van der Waals surface area contributed by atoms with Gasteiger partial charge >= 0.3 is 0 Å². The monoisotopic (exact) mass is 189 g/mol. The topological polar surface area (TPSA) is 42.1 Å². The van der Waals surface area contributed by atoms with Crippen molar-refractivity contribution in [1.82, 2.24) is 4.98 Å². The zero-order valence-electron chi connectivity index (χ0n) is 8.13. The van der Waals surface area contributed by atoms with E-state index in [-0.39, 0.29) is 5.56 Å². The van der Waals surface area contributed by atoms with Gasteiger partial charge in [0.15, 0.2) is 0 Å². The van der Waals surface area contributed by atoms with Crippen LogP contribution >= 0.6 is 0 Å². The van der Waals surface area contributed by atoms with E-state index in [1.54, 1.807) is 13.2 Å². The van der Waals surface area contributed by atoms with Crippen LogP contribution in [-0.2, 0) is 0 Å². The predicted molar refractivity (Wildman–Crippen MR) is 55.9 cm³/mol. The van der Waals surface area contributed by atoms with E-state index in [1.807, 2.05) is 25.1 Å². The second kappa shape index (κ2) is 3.18. The maximum Gasteiger partial charge on any atom is 0.248 e. The minimum Gasteiger partial charge on any atom is -0.496 e. The van der Waals surface area contributed by atoms with Crippen molar-refractivity contribution in [3.05, 3.63) is 40.3 Å². The third kappa shape index (κ3) is 1.27. The van der Waals surface area contributed by atoms with Gasteiger partial charge in [-0.3, -0.25) is 4.79 Å². The number of hydrogen-bond acceptors (Lipinski definition) is 2. The molecule has 0 bridgehead atoms. The summed E-state index contributed by atoms with van der Waals surface area (Å²) in [5.74, 6) is 0.788. The molecule has 0 spiro atoms. The molecule has 1 aromatic carbocycles. The van der Waals surface area contributed by atoms with Crippen LogP contribution < -0.4 is 10.3 Å². The molecule has 3 heteroatoms. The first-order valence-corrected chi connectivity index (χ1v) is 4.39. The van der Waals surface area contributed by atoms with Crippen LogP contribution in [0, 0.1) is 6.92 Å². The lowest BCUT2D eigenvalue weighted by Gasteiger charge is -2.06. The van der Waals surface area contributed by atoms with E-state index in [0.717, 1.165) is 22.2 Å². The second-order valence-corrected chi connectivity index (χ2v) is 3.18. The van der Waals surface area contributed by atoms with Crippen LogP contribution in [0.4, 0.5) is 0 Å². The molecule has 2 aromatic rings.